The first kappa shape index (κ1) is 38.6. The van der Waals surface area contributed by atoms with Crippen LogP contribution in [0.5, 0.6) is 11.5 Å². The van der Waals surface area contributed by atoms with Gasteiger partial charge in [0.2, 0.25) is 0 Å². The number of carbonyl (C=O) groups excluding carboxylic acids is 1. The average Bonchev–Trinajstić information content (AvgIpc) is 3.63. The zero-order valence-electron chi connectivity index (χ0n) is 32.8. The van der Waals surface area contributed by atoms with E-state index in [2.05, 4.69) is 45.7 Å². The first-order chi connectivity index (χ1) is 26.1. The van der Waals surface area contributed by atoms with Crippen molar-refractivity contribution in [2.45, 2.75) is 65.7 Å². The minimum Gasteiger partial charge on any atom is -0.455 e. The number of H-pyrrole nitrogens is 1. The van der Waals surface area contributed by atoms with E-state index in [0.717, 1.165) is 77.1 Å². The molecule has 7 rings (SSSR count). The molecule has 3 aromatic carbocycles. The van der Waals surface area contributed by atoms with Crippen molar-refractivity contribution in [3.63, 3.8) is 0 Å². The highest BCUT2D eigenvalue weighted by atomic mass is 35.5. The SMILES string of the molecule is Cc1cc(C)c(S(=O)(=O)N(C)C(=O)c2ccc(N3CCN(CC4=C(c5ccc(Cl)cc5)CC(C)(C)CC4)CC3)cc2Oc2cnc3[nH]ccc3c2)c(C)c1C. The standard InChI is InChI=1S/C44H50ClN5O4S/c1-28-22-29(2)41(31(4)30(28)3)55(52,53)48(7)43(51)38-13-12-36(24-40(38)54-37-23-33-15-17-46-42(33)47-26-37)50-20-18-49(19-21-50)27-34-14-16-44(5,6)25-39(34)32-8-10-35(45)11-9-32/h8-13,15,17,22-24,26H,14,16,18-21,25,27H2,1-7H3,(H,46,47). The Kier molecular flexibility index (Phi) is 10.6. The van der Waals surface area contributed by atoms with Gasteiger partial charge in [0.05, 0.1) is 16.7 Å². The van der Waals surface area contributed by atoms with Crippen LogP contribution in [0.15, 0.2) is 83.5 Å². The van der Waals surface area contributed by atoms with Crippen molar-refractivity contribution in [1.82, 2.24) is 19.2 Å². The number of aromatic nitrogens is 2. The van der Waals surface area contributed by atoms with E-state index in [1.54, 1.807) is 32.3 Å². The van der Waals surface area contributed by atoms with Crippen molar-refractivity contribution in [2.24, 2.45) is 5.41 Å². The summed E-state index contributed by atoms with van der Waals surface area (Å²) in [5.41, 5.74) is 9.34. The molecule has 2 aromatic heterocycles. The molecule has 0 bridgehead atoms. The lowest BCUT2D eigenvalue weighted by Gasteiger charge is -2.39. The number of hydrogen-bond acceptors (Lipinski definition) is 7. The Bertz CT molecular complexity index is 2410. The largest absolute Gasteiger partial charge is 0.455 e. The Morgan fingerprint density at radius 2 is 1.67 bits per heavy atom. The lowest BCUT2D eigenvalue weighted by molar-refractivity contribution is 0.0880. The molecule has 1 saturated heterocycles. The van der Waals surface area contributed by atoms with Gasteiger partial charge in [-0.25, -0.2) is 17.7 Å². The number of ether oxygens (including phenoxy) is 1. The van der Waals surface area contributed by atoms with Crippen LogP contribution in [0.25, 0.3) is 16.6 Å². The van der Waals surface area contributed by atoms with E-state index in [1.807, 2.05) is 56.3 Å². The summed E-state index contributed by atoms with van der Waals surface area (Å²) >= 11 is 6.24. The van der Waals surface area contributed by atoms with E-state index in [4.69, 9.17) is 16.3 Å². The fourth-order valence-electron chi connectivity index (χ4n) is 8.04. The van der Waals surface area contributed by atoms with Gasteiger partial charge in [0.1, 0.15) is 17.1 Å². The molecule has 2 aliphatic rings. The van der Waals surface area contributed by atoms with E-state index in [1.165, 1.54) is 30.2 Å². The highest BCUT2D eigenvalue weighted by molar-refractivity contribution is 7.89. The van der Waals surface area contributed by atoms with Crippen LogP contribution < -0.4 is 9.64 Å². The van der Waals surface area contributed by atoms with E-state index in [-0.39, 0.29) is 21.6 Å². The first-order valence-electron chi connectivity index (χ1n) is 18.9. The molecular formula is C44H50ClN5O4S. The number of rotatable bonds is 9. The maximum atomic E-state index is 14.2. The van der Waals surface area contributed by atoms with Crippen LogP contribution in [-0.4, -0.2) is 73.3 Å². The molecule has 1 N–H and O–H groups in total. The number of sulfonamides is 1. The molecular weight excluding hydrogens is 730 g/mol. The van der Waals surface area contributed by atoms with Crippen LogP contribution in [0.3, 0.4) is 0 Å². The number of halogens is 1. The van der Waals surface area contributed by atoms with Crippen LogP contribution in [0, 0.1) is 33.1 Å². The van der Waals surface area contributed by atoms with Crippen LogP contribution in [0.4, 0.5) is 5.69 Å². The summed E-state index contributed by atoms with van der Waals surface area (Å²) in [6.45, 7) is 16.4. The van der Waals surface area contributed by atoms with Crippen LogP contribution in [-0.2, 0) is 10.0 Å². The molecule has 0 atom stereocenters. The minimum absolute atomic E-state index is 0.142. The number of piperazine rings is 1. The lowest BCUT2D eigenvalue weighted by Crippen LogP contribution is -2.47. The summed E-state index contributed by atoms with van der Waals surface area (Å²) in [5.74, 6) is 0.0224. The van der Waals surface area contributed by atoms with Crippen LogP contribution >= 0.6 is 11.6 Å². The summed E-state index contributed by atoms with van der Waals surface area (Å²) in [6, 6.07) is 19.3. The van der Waals surface area contributed by atoms with Crippen molar-refractivity contribution in [2.75, 3.05) is 44.7 Å². The summed E-state index contributed by atoms with van der Waals surface area (Å²) < 4.78 is 35.5. The molecule has 0 spiro atoms. The Morgan fingerprint density at radius 3 is 2.40 bits per heavy atom. The predicted octanol–water partition coefficient (Wildman–Crippen LogP) is 9.49. The van der Waals surface area contributed by atoms with Crippen LogP contribution in [0.1, 0.15) is 71.3 Å². The number of nitrogens with zero attached hydrogens (tertiary/aromatic N) is 4. The highest BCUT2D eigenvalue weighted by Crippen LogP contribution is 2.43. The molecule has 1 aliphatic heterocycles. The quantitative estimate of drug-likeness (QED) is 0.159. The number of benzene rings is 3. The molecule has 1 aliphatic carbocycles. The summed E-state index contributed by atoms with van der Waals surface area (Å²) in [4.78, 5) is 26.8. The average molecular weight is 780 g/mol. The maximum absolute atomic E-state index is 14.2. The predicted molar refractivity (Wildman–Crippen MR) is 222 cm³/mol. The number of carbonyl (C=O) groups is 1. The Balaban J connectivity index is 1.15. The third-order valence-electron chi connectivity index (χ3n) is 11.5. The van der Waals surface area contributed by atoms with E-state index in [0.29, 0.717) is 22.5 Å². The molecule has 5 aromatic rings. The van der Waals surface area contributed by atoms with E-state index >= 15 is 0 Å². The topological polar surface area (TPSA) is 98.8 Å². The minimum atomic E-state index is -4.19. The summed E-state index contributed by atoms with van der Waals surface area (Å²) in [5, 5.41) is 1.61. The molecule has 1 amide bonds. The Hall–Kier alpha value is -4.64. The zero-order valence-corrected chi connectivity index (χ0v) is 34.4. The Morgan fingerprint density at radius 1 is 0.945 bits per heavy atom. The van der Waals surface area contributed by atoms with Gasteiger partial charge in [-0.05, 0) is 122 Å². The van der Waals surface area contributed by atoms with Gasteiger partial charge in [0.25, 0.3) is 15.9 Å². The third-order valence-corrected chi connectivity index (χ3v) is 13.8. The van der Waals surface area contributed by atoms with Gasteiger partial charge < -0.3 is 14.6 Å². The van der Waals surface area contributed by atoms with Gasteiger partial charge in [-0.15, -0.1) is 0 Å². The Labute approximate surface area is 330 Å². The molecule has 0 unspecified atom stereocenters. The monoisotopic (exact) mass is 779 g/mol. The molecule has 0 saturated carbocycles. The highest BCUT2D eigenvalue weighted by Gasteiger charge is 2.33. The number of aryl methyl sites for hydroxylation is 2. The molecule has 0 radical (unpaired) electrons. The number of nitrogens with one attached hydrogen (secondary N) is 1. The number of fused-ring (bicyclic) bond motifs is 1. The normalized spacial score (nSPS) is 16.5. The van der Waals surface area contributed by atoms with Gasteiger partial charge in [0.15, 0.2) is 0 Å². The third kappa shape index (κ3) is 7.90. The molecule has 1 fully saturated rings. The van der Waals surface area contributed by atoms with Gasteiger partial charge >= 0.3 is 0 Å². The fourth-order valence-corrected chi connectivity index (χ4v) is 9.76. The number of anilines is 1. The number of allylic oxidation sites excluding steroid dienone is 1. The number of pyridine rings is 1. The van der Waals surface area contributed by atoms with Crippen molar-refractivity contribution in [1.29, 1.82) is 0 Å². The van der Waals surface area contributed by atoms with Crippen molar-refractivity contribution >= 4 is 49.8 Å². The van der Waals surface area contributed by atoms with Gasteiger partial charge in [-0.2, -0.15) is 0 Å². The molecule has 288 valence electrons. The van der Waals surface area contributed by atoms with Gasteiger partial charge in [0, 0.05) is 68.1 Å². The summed E-state index contributed by atoms with van der Waals surface area (Å²) in [7, 11) is -2.87. The van der Waals surface area contributed by atoms with Crippen molar-refractivity contribution in [3.8, 4) is 11.5 Å². The molecule has 55 heavy (non-hydrogen) atoms. The second-order valence-corrected chi connectivity index (χ2v) is 18.3. The second kappa shape index (κ2) is 15.1. The summed E-state index contributed by atoms with van der Waals surface area (Å²) in [6.07, 6.45) is 6.69. The smallest absolute Gasteiger partial charge is 0.271 e. The van der Waals surface area contributed by atoms with Gasteiger partial charge in [-0.1, -0.05) is 49.2 Å². The zero-order chi connectivity index (χ0) is 39.2. The number of hydrogen-bond donors (Lipinski definition) is 1. The fraction of sp³-hybridized carbons (Fsp3) is 0.364. The van der Waals surface area contributed by atoms with Crippen molar-refractivity contribution < 1.29 is 17.9 Å². The molecule has 3 heterocycles. The van der Waals surface area contributed by atoms with Crippen LogP contribution in [0.2, 0.25) is 5.02 Å². The first-order valence-corrected chi connectivity index (χ1v) is 20.7. The molecule has 9 nitrogen and oxygen atoms in total. The molecule has 11 heteroatoms. The van der Waals surface area contributed by atoms with Gasteiger partial charge in [-0.3, -0.25) is 9.69 Å². The lowest BCUT2D eigenvalue weighted by atomic mass is 9.72. The second-order valence-electron chi connectivity index (χ2n) is 15.9. The maximum Gasteiger partial charge on any atom is 0.271 e. The van der Waals surface area contributed by atoms with E-state index < -0.39 is 15.9 Å². The van der Waals surface area contributed by atoms with Crippen molar-refractivity contribution in [3.05, 3.63) is 117 Å². The number of amides is 1. The number of aromatic amines is 1. The van der Waals surface area contributed by atoms with E-state index in [9.17, 15) is 13.2 Å².